The van der Waals surface area contributed by atoms with Crippen molar-refractivity contribution in [3.05, 3.63) is 0 Å². The maximum Gasteiger partial charge on any atom is 0.0588 e. The molecule has 2 nitrogen and oxygen atoms in total. The van der Waals surface area contributed by atoms with Crippen LogP contribution in [0, 0.1) is 0 Å². The minimum atomic E-state index is -0.0204. The first-order valence-electron chi connectivity index (χ1n) is 4.78. The molecule has 2 N–H and O–H groups in total. The Morgan fingerprint density at radius 1 is 1.08 bits per heavy atom. The zero-order valence-corrected chi connectivity index (χ0v) is 10.8. The lowest BCUT2D eigenvalue weighted by molar-refractivity contribution is 0.389. The summed E-state index contributed by atoms with van der Waals surface area (Å²) in [6.45, 7) is 9.38. The van der Waals surface area contributed by atoms with Crippen molar-refractivity contribution in [3.8, 4) is 0 Å². The average molecular weight is 188 g/mol. The quantitative estimate of drug-likeness (QED) is 0.496. The van der Waals surface area contributed by atoms with E-state index < -0.39 is 0 Å². The van der Waals surface area contributed by atoms with Crippen LogP contribution in [0.3, 0.4) is 0 Å². The molecule has 0 aliphatic heterocycles. The van der Waals surface area contributed by atoms with E-state index in [0.717, 1.165) is 5.54 Å². The predicted molar refractivity (Wildman–Crippen MR) is 59.6 cm³/mol. The molecular weight excluding hydrogens is 164 g/mol. The third kappa shape index (κ3) is 3.69. The molecular formula is C9H24N2Si. The lowest BCUT2D eigenvalue weighted by Crippen LogP contribution is -2.48. The molecule has 0 aliphatic rings. The van der Waals surface area contributed by atoms with Gasteiger partial charge in [0.05, 0.1) is 6.17 Å². The molecule has 0 aromatic rings. The fourth-order valence-corrected chi connectivity index (χ4v) is 4.84. The highest BCUT2D eigenvalue weighted by molar-refractivity contribution is 6.41. The lowest BCUT2D eigenvalue weighted by Gasteiger charge is -2.35. The monoisotopic (exact) mass is 188 g/mol. The van der Waals surface area contributed by atoms with Gasteiger partial charge < -0.3 is 10.6 Å². The Labute approximate surface area is 79.3 Å². The van der Waals surface area contributed by atoms with Crippen LogP contribution in [0.1, 0.15) is 27.7 Å². The normalized spacial score (nSPS) is 14.0. The Morgan fingerprint density at radius 3 is 1.75 bits per heavy atom. The molecule has 0 radical (unpaired) electrons. The molecule has 0 saturated heterocycles. The van der Waals surface area contributed by atoms with E-state index in [1.54, 1.807) is 0 Å². The third-order valence-electron chi connectivity index (χ3n) is 2.29. The summed E-state index contributed by atoms with van der Waals surface area (Å²) < 4.78 is 0. The summed E-state index contributed by atoms with van der Waals surface area (Å²) in [5, 5.41) is 7.10. The second-order valence-electron chi connectivity index (χ2n) is 4.60. The van der Waals surface area contributed by atoms with Gasteiger partial charge in [-0.2, -0.15) is 0 Å². The molecule has 12 heavy (non-hydrogen) atoms. The molecule has 3 heteroatoms. The van der Waals surface area contributed by atoms with E-state index in [2.05, 4.69) is 38.3 Å². The van der Waals surface area contributed by atoms with Crippen LogP contribution in [0.5, 0.6) is 0 Å². The molecule has 0 heterocycles. The highest BCUT2D eigenvalue weighted by atomic mass is 28.2. The van der Waals surface area contributed by atoms with Crippen LogP contribution in [-0.2, 0) is 0 Å². The summed E-state index contributed by atoms with van der Waals surface area (Å²) in [6.07, 6.45) is 0.464. The largest absolute Gasteiger partial charge is 0.305 e. The van der Waals surface area contributed by atoms with E-state index in [4.69, 9.17) is 0 Å². The summed E-state index contributed by atoms with van der Waals surface area (Å²) in [7, 11) is 4.03. The molecule has 0 amide bonds. The average Bonchev–Trinajstić information content (AvgIpc) is 1.85. The van der Waals surface area contributed by atoms with Gasteiger partial charge in [-0.05, 0) is 19.1 Å². The Morgan fingerprint density at radius 2 is 1.50 bits per heavy atom. The van der Waals surface area contributed by atoms with Gasteiger partial charge in [-0.25, -0.2) is 0 Å². The van der Waals surface area contributed by atoms with Gasteiger partial charge in [0.25, 0.3) is 0 Å². The maximum absolute atomic E-state index is 3.32. The standard InChI is InChI=1S/C9H24N2Si/c1-7(2)12-9(3,4)8(10-5)11-6/h7-8,10-11H,12H2,1-6H3. The van der Waals surface area contributed by atoms with E-state index in [1.165, 1.54) is 0 Å². The van der Waals surface area contributed by atoms with Crippen LogP contribution in [0.4, 0.5) is 0 Å². The van der Waals surface area contributed by atoms with Crippen molar-refractivity contribution >= 4 is 9.52 Å². The summed E-state index contributed by atoms with van der Waals surface area (Å²) >= 11 is 0. The second-order valence-corrected chi connectivity index (χ2v) is 8.46. The Kier molecular flexibility index (Phi) is 5.05. The Bertz CT molecular complexity index is 120. The van der Waals surface area contributed by atoms with Crippen molar-refractivity contribution in [3.63, 3.8) is 0 Å². The van der Waals surface area contributed by atoms with Gasteiger partial charge in [-0.1, -0.05) is 33.2 Å². The summed E-state index contributed by atoms with van der Waals surface area (Å²) in [5.74, 6) is 0. The lowest BCUT2D eigenvalue weighted by atomic mass is 10.1. The minimum absolute atomic E-state index is 0.0204. The molecule has 0 aliphatic carbocycles. The molecule has 0 aromatic heterocycles. The molecule has 0 saturated carbocycles. The predicted octanol–water partition coefficient (Wildman–Crippen LogP) is 0.947. The number of nitrogens with one attached hydrogen (secondary N) is 2. The fourth-order valence-electron chi connectivity index (χ4n) is 2.10. The van der Waals surface area contributed by atoms with Gasteiger partial charge in [0.15, 0.2) is 0 Å². The minimum Gasteiger partial charge on any atom is -0.305 e. The van der Waals surface area contributed by atoms with Crippen molar-refractivity contribution in [2.24, 2.45) is 0 Å². The zero-order valence-electron chi connectivity index (χ0n) is 9.36. The van der Waals surface area contributed by atoms with Gasteiger partial charge in [0.1, 0.15) is 0 Å². The third-order valence-corrected chi connectivity index (χ3v) is 4.57. The van der Waals surface area contributed by atoms with Crippen molar-refractivity contribution in [2.45, 2.75) is 44.4 Å². The van der Waals surface area contributed by atoms with E-state index in [1.807, 2.05) is 14.1 Å². The molecule has 74 valence electrons. The van der Waals surface area contributed by atoms with E-state index in [-0.39, 0.29) is 9.52 Å². The van der Waals surface area contributed by atoms with Gasteiger partial charge in [0.2, 0.25) is 0 Å². The Balaban J connectivity index is 4.14. The number of hydrogen-bond donors (Lipinski definition) is 2. The Hall–Kier alpha value is 0.137. The molecule has 0 unspecified atom stereocenters. The van der Waals surface area contributed by atoms with E-state index >= 15 is 0 Å². The van der Waals surface area contributed by atoms with Crippen LogP contribution >= 0.6 is 0 Å². The van der Waals surface area contributed by atoms with Crippen LogP contribution in [0.15, 0.2) is 0 Å². The smallest absolute Gasteiger partial charge is 0.0588 e. The number of rotatable bonds is 5. The maximum atomic E-state index is 3.32. The van der Waals surface area contributed by atoms with Crippen LogP contribution < -0.4 is 10.6 Å². The number of hydrogen-bond acceptors (Lipinski definition) is 2. The summed E-state index contributed by atoms with van der Waals surface area (Å²) in [5.41, 5.74) is 0.893. The summed E-state index contributed by atoms with van der Waals surface area (Å²) in [6, 6.07) is 0. The zero-order chi connectivity index (χ0) is 9.78. The first kappa shape index (κ1) is 12.1. The second kappa shape index (κ2) is 4.99. The molecule has 0 atom stereocenters. The fraction of sp³-hybridized carbons (Fsp3) is 1.00. The first-order valence-corrected chi connectivity index (χ1v) is 6.31. The van der Waals surface area contributed by atoms with Gasteiger partial charge in [-0.3, -0.25) is 0 Å². The van der Waals surface area contributed by atoms with Crippen molar-refractivity contribution in [1.29, 1.82) is 0 Å². The van der Waals surface area contributed by atoms with Gasteiger partial charge >= 0.3 is 0 Å². The highest BCUT2D eigenvalue weighted by Gasteiger charge is 2.27. The van der Waals surface area contributed by atoms with Crippen LogP contribution in [0.25, 0.3) is 0 Å². The van der Waals surface area contributed by atoms with Crippen molar-refractivity contribution in [2.75, 3.05) is 14.1 Å². The molecule has 0 spiro atoms. The molecule has 0 bridgehead atoms. The summed E-state index contributed by atoms with van der Waals surface area (Å²) in [4.78, 5) is 0. The van der Waals surface area contributed by atoms with Crippen LogP contribution in [-0.4, -0.2) is 29.8 Å². The van der Waals surface area contributed by atoms with E-state index in [9.17, 15) is 0 Å². The van der Waals surface area contributed by atoms with Crippen LogP contribution in [0.2, 0.25) is 10.6 Å². The van der Waals surface area contributed by atoms with Gasteiger partial charge in [-0.15, -0.1) is 0 Å². The first-order chi connectivity index (χ1) is 5.44. The highest BCUT2D eigenvalue weighted by Crippen LogP contribution is 2.29. The molecule has 0 fully saturated rings. The van der Waals surface area contributed by atoms with Crippen molar-refractivity contribution in [1.82, 2.24) is 10.6 Å². The molecule has 0 rings (SSSR count). The SMILES string of the molecule is CNC(NC)C(C)(C)[SiH2]C(C)C. The topological polar surface area (TPSA) is 24.1 Å². The van der Waals surface area contributed by atoms with E-state index in [0.29, 0.717) is 11.2 Å². The van der Waals surface area contributed by atoms with Crippen molar-refractivity contribution < 1.29 is 0 Å². The van der Waals surface area contributed by atoms with Gasteiger partial charge in [0, 0.05) is 9.52 Å². The molecule has 0 aromatic carbocycles.